The van der Waals surface area contributed by atoms with Crippen molar-refractivity contribution in [2.75, 3.05) is 23.0 Å². The summed E-state index contributed by atoms with van der Waals surface area (Å²) in [6.45, 7) is 3.89. The van der Waals surface area contributed by atoms with Crippen LogP contribution in [0.1, 0.15) is 21.5 Å². The number of carbonyl (C=O) groups excluding carboxylic acids is 1. The van der Waals surface area contributed by atoms with Crippen LogP contribution in [-0.2, 0) is 12.6 Å². The molecule has 1 aliphatic rings. The van der Waals surface area contributed by atoms with Crippen LogP contribution in [0.3, 0.4) is 0 Å². The second kappa shape index (κ2) is 8.45. The molecule has 0 aliphatic carbocycles. The van der Waals surface area contributed by atoms with E-state index in [1.165, 1.54) is 19.2 Å². The van der Waals surface area contributed by atoms with Crippen LogP contribution in [0.15, 0.2) is 60.9 Å². The highest BCUT2D eigenvalue weighted by molar-refractivity contribution is 6.00. The van der Waals surface area contributed by atoms with Gasteiger partial charge in [0.2, 0.25) is 0 Å². The summed E-state index contributed by atoms with van der Waals surface area (Å²) < 4.78 is 54.5. The lowest BCUT2D eigenvalue weighted by Crippen LogP contribution is -2.20. The minimum absolute atomic E-state index is 0.0126. The molecule has 0 radical (unpaired) electrons. The molecule has 4 N–H and O–H groups in total. The molecule has 10 heteroatoms. The summed E-state index contributed by atoms with van der Waals surface area (Å²) >= 11 is 0. The number of hydrogen-bond donors (Lipinski definition) is 4. The molecule has 0 unspecified atom stereocenters. The smallest absolute Gasteiger partial charge is 0.359 e. The van der Waals surface area contributed by atoms with E-state index < -0.39 is 23.5 Å². The molecule has 0 spiro atoms. The number of nitrogens with one attached hydrogen (secondary N) is 4. The first-order chi connectivity index (χ1) is 15.6. The van der Waals surface area contributed by atoms with E-state index >= 15 is 0 Å². The molecule has 1 aliphatic heterocycles. The van der Waals surface area contributed by atoms with Gasteiger partial charge in [-0.2, -0.15) is 13.2 Å². The van der Waals surface area contributed by atoms with Gasteiger partial charge in [-0.1, -0.05) is 12.6 Å². The van der Waals surface area contributed by atoms with Crippen molar-refractivity contribution in [1.82, 2.24) is 10.3 Å². The zero-order valence-corrected chi connectivity index (χ0v) is 17.4. The van der Waals surface area contributed by atoms with Gasteiger partial charge in [-0.25, -0.2) is 9.37 Å². The fourth-order valence-electron chi connectivity index (χ4n) is 3.48. The molecule has 0 saturated heterocycles. The van der Waals surface area contributed by atoms with Crippen molar-refractivity contribution in [3.8, 4) is 0 Å². The largest absolute Gasteiger partial charge is 0.419 e. The molecule has 6 nitrogen and oxygen atoms in total. The molecule has 0 saturated carbocycles. The zero-order valence-electron chi connectivity index (χ0n) is 17.4. The lowest BCUT2D eigenvalue weighted by atomic mass is 10.1. The Kier molecular flexibility index (Phi) is 5.67. The SMILES string of the molecule is C=C1Cc2ccc(Nc3cc(Nc4ccc(F)cc4C(=O)NC)c(C(F)(F)F)cn3)cc2N1. The minimum Gasteiger partial charge on any atom is -0.359 e. The van der Waals surface area contributed by atoms with Gasteiger partial charge < -0.3 is 21.3 Å². The Balaban J connectivity index is 1.69. The number of carbonyl (C=O) groups is 1. The predicted octanol–water partition coefficient (Wildman–Crippen LogP) is 5.57. The maximum atomic E-state index is 13.7. The number of pyridine rings is 1. The molecule has 3 aromatic rings. The molecule has 4 rings (SSSR count). The molecule has 2 aromatic carbocycles. The Morgan fingerprint density at radius 3 is 2.61 bits per heavy atom. The van der Waals surface area contributed by atoms with Crippen molar-refractivity contribution in [1.29, 1.82) is 0 Å². The van der Waals surface area contributed by atoms with Crippen LogP contribution in [0.5, 0.6) is 0 Å². The number of rotatable bonds is 5. The Bertz CT molecular complexity index is 1260. The molecule has 33 heavy (non-hydrogen) atoms. The number of halogens is 4. The van der Waals surface area contributed by atoms with Gasteiger partial charge in [-0.05, 0) is 35.9 Å². The highest BCUT2D eigenvalue weighted by atomic mass is 19.4. The van der Waals surface area contributed by atoms with E-state index in [0.29, 0.717) is 18.3 Å². The van der Waals surface area contributed by atoms with Crippen molar-refractivity contribution in [3.63, 3.8) is 0 Å². The fourth-order valence-corrected chi connectivity index (χ4v) is 3.48. The highest BCUT2D eigenvalue weighted by Gasteiger charge is 2.34. The molecular weight excluding hydrogens is 438 g/mol. The van der Waals surface area contributed by atoms with Gasteiger partial charge in [0, 0.05) is 42.8 Å². The maximum Gasteiger partial charge on any atom is 0.419 e. The van der Waals surface area contributed by atoms with Crippen molar-refractivity contribution in [2.24, 2.45) is 0 Å². The van der Waals surface area contributed by atoms with E-state index in [0.717, 1.165) is 29.1 Å². The summed E-state index contributed by atoms with van der Waals surface area (Å²) in [4.78, 5) is 16.0. The van der Waals surface area contributed by atoms with Gasteiger partial charge in [0.15, 0.2) is 0 Å². The number of amides is 1. The first-order valence-corrected chi connectivity index (χ1v) is 9.84. The van der Waals surface area contributed by atoms with E-state index in [-0.39, 0.29) is 22.8 Å². The Hall–Kier alpha value is -4.08. The maximum absolute atomic E-state index is 13.7. The van der Waals surface area contributed by atoms with Crippen LogP contribution >= 0.6 is 0 Å². The summed E-state index contributed by atoms with van der Waals surface area (Å²) in [5.74, 6) is -1.20. The van der Waals surface area contributed by atoms with Gasteiger partial charge >= 0.3 is 6.18 Å². The Morgan fingerprint density at radius 2 is 1.88 bits per heavy atom. The van der Waals surface area contributed by atoms with E-state index in [1.807, 2.05) is 12.1 Å². The number of alkyl halides is 3. The monoisotopic (exact) mass is 457 g/mol. The van der Waals surface area contributed by atoms with Gasteiger partial charge in [0.05, 0.1) is 22.5 Å². The molecule has 0 fully saturated rings. The summed E-state index contributed by atoms with van der Waals surface area (Å²) in [6.07, 6.45) is -3.31. The minimum atomic E-state index is -4.71. The van der Waals surface area contributed by atoms with Crippen molar-refractivity contribution < 1.29 is 22.4 Å². The summed E-state index contributed by atoms with van der Waals surface area (Å²) in [5, 5.41) is 11.1. The molecule has 1 amide bonds. The first-order valence-electron chi connectivity index (χ1n) is 9.84. The summed E-state index contributed by atoms with van der Waals surface area (Å²) in [6, 6.07) is 9.86. The number of aromatic nitrogens is 1. The number of nitrogens with zero attached hydrogens (tertiary/aromatic N) is 1. The van der Waals surface area contributed by atoms with Crippen molar-refractivity contribution in [3.05, 3.63) is 83.4 Å². The third kappa shape index (κ3) is 4.74. The summed E-state index contributed by atoms with van der Waals surface area (Å²) in [7, 11) is 1.34. The average molecular weight is 457 g/mol. The van der Waals surface area contributed by atoms with Gasteiger partial charge in [-0.3, -0.25) is 4.79 Å². The van der Waals surface area contributed by atoms with E-state index in [4.69, 9.17) is 0 Å². The highest BCUT2D eigenvalue weighted by Crippen LogP contribution is 2.38. The summed E-state index contributed by atoms with van der Waals surface area (Å²) in [5.41, 5.74) is 1.88. The lowest BCUT2D eigenvalue weighted by Gasteiger charge is -2.18. The van der Waals surface area contributed by atoms with Crippen LogP contribution in [0.4, 0.5) is 46.1 Å². The number of fused-ring (bicyclic) bond motifs is 1. The Morgan fingerprint density at radius 1 is 1.09 bits per heavy atom. The molecule has 0 atom stereocenters. The predicted molar refractivity (Wildman–Crippen MR) is 119 cm³/mol. The fraction of sp³-hybridized carbons (Fsp3) is 0.130. The molecule has 1 aromatic heterocycles. The quantitative estimate of drug-likeness (QED) is 0.377. The van der Waals surface area contributed by atoms with Crippen LogP contribution in [0.25, 0.3) is 0 Å². The van der Waals surface area contributed by atoms with Crippen molar-refractivity contribution in [2.45, 2.75) is 12.6 Å². The van der Waals surface area contributed by atoms with Crippen LogP contribution in [-0.4, -0.2) is 17.9 Å². The van der Waals surface area contributed by atoms with E-state index in [2.05, 4.69) is 32.8 Å². The molecular formula is C23H19F4N5O. The standard InChI is InChI=1S/C23H19F4N5O/c1-12-7-13-3-5-15(9-19(13)30-12)31-21-10-20(17(11-29-21)23(25,26)27)32-18-6-4-14(24)8-16(18)22(33)28-2/h3-6,8-11,30H,1,7H2,2H3,(H,28,33)(H2,29,31,32). The van der Waals surface area contributed by atoms with Crippen molar-refractivity contribution >= 4 is 34.5 Å². The molecule has 0 bridgehead atoms. The second-order valence-corrected chi connectivity index (χ2v) is 7.41. The molecule has 170 valence electrons. The first kappa shape index (κ1) is 22.1. The van der Waals surface area contributed by atoms with Crippen LogP contribution in [0.2, 0.25) is 0 Å². The van der Waals surface area contributed by atoms with Gasteiger partial charge in [-0.15, -0.1) is 0 Å². The van der Waals surface area contributed by atoms with Crippen LogP contribution < -0.4 is 21.3 Å². The second-order valence-electron chi connectivity index (χ2n) is 7.41. The zero-order chi connectivity index (χ0) is 23.8. The topological polar surface area (TPSA) is 78.1 Å². The number of hydrogen-bond acceptors (Lipinski definition) is 5. The Labute approximate surface area is 186 Å². The number of benzene rings is 2. The van der Waals surface area contributed by atoms with Crippen LogP contribution in [0, 0.1) is 5.82 Å². The average Bonchev–Trinajstić information content (AvgIpc) is 3.13. The number of allylic oxidation sites excluding steroid dienone is 1. The van der Waals surface area contributed by atoms with Gasteiger partial charge in [0.25, 0.3) is 5.91 Å². The molecule has 2 heterocycles. The number of anilines is 5. The van der Waals surface area contributed by atoms with Gasteiger partial charge in [0.1, 0.15) is 11.6 Å². The van der Waals surface area contributed by atoms with E-state index in [1.54, 1.807) is 6.07 Å². The third-order valence-electron chi connectivity index (χ3n) is 5.03. The lowest BCUT2D eigenvalue weighted by molar-refractivity contribution is -0.137. The van der Waals surface area contributed by atoms with E-state index in [9.17, 15) is 22.4 Å². The normalized spacial score (nSPS) is 12.7. The third-order valence-corrected chi connectivity index (χ3v) is 5.03.